The summed E-state index contributed by atoms with van der Waals surface area (Å²) < 4.78 is 0. The summed E-state index contributed by atoms with van der Waals surface area (Å²) in [6.07, 6.45) is 1.85. The van der Waals surface area contributed by atoms with Gasteiger partial charge in [-0.2, -0.15) is 0 Å². The van der Waals surface area contributed by atoms with Gasteiger partial charge in [0.1, 0.15) is 0 Å². The first-order valence-corrected chi connectivity index (χ1v) is 5.94. The SMILES string of the molecule is CNc1ncc2c(n1)-c1ccccc1C(C)=NC2. The van der Waals surface area contributed by atoms with E-state index in [1.165, 1.54) is 0 Å². The molecular weight excluding hydrogens is 224 g/mol. The third-order valence-electron chi connectivity index (χ3n) is 3.15. The van der Waals surface area contributed by atoms with E-state index in [0.717, 1.165) is 28.1 Å². The zero-order valence-corrected chi connectivity index (χ0v) is 10.4. The van der Waals surface area contributed by atoms with Gasteiger partial charge in [0.25, 0.3) is 0 Å². The van der Waals surface area contributed by atoms with Gasteiger partial charge in [0.15, 0.2) is 0 Å². The first kappa shape index (κ1) is 10.9. The molecule has 2 heterocycles. The number of benzene rings is 1. The first-order chi connectivity index (χ1) is 8.79. The lowest BCUT2D eigenvalue weighted by molar-refractivity contribution is 1.02. The van der Waals surface area contributed by atoms with Crippen molar-refractivity contribution in [3.63, 3.8) is 0 Å². The van der Waals surface area contributed by atoms with Crippen LogP contribution < -0.4 is 5.32 Å². The molecule has 2 aromatic rings. The second kappa shape index (κ2) is 4.22. The molecule has 1 aromatic heterocycles. The lowest BCUT2D eigenvalue weighted by atomic mass is 10.00. The molecule has 0 radical (unpaired) electrons. The van der Waals surface area contributed by atoms with Crippen molar-refractivity contribution in [1.29, 1.82) is 0 Å². The van der Waals surface area contributed by atoms with Crippen LogP contribution in [0.15, 0.2) is 35.5 Å². The Kier molecular flexibility index (Phi) is 2.55. The van der Waals surface area contributed by atoms with Crippen LogP contribution in [0.3, 0.4) is 0 Å². The van der Waals surface area contributed by atoms with Crippen LogP contribution >= 0.6 is 0 Å². The molecule has 1 aliphatic rings. The molecule has 4 nitrogen and oxygen atoms in total. The number of anilines is 1. The Bertz CT molecular complexity index is 631. The number of hydrogen-bond donors (Lipinski definition) is 1. The van der Waals surface area contributed by atoms with E-state index in [9.17, 15) is 0 Å². The van der Waals surface area contributed by atoms with E-state index in [4.69, 9.17) is 0 Å². The van der Waals surface area contributed by atoms with Crippen molar-refractivity contribution < 1.29 is 0 Å². The van der Waals surface area contributed by atoms with Gasteiger partial charge in [0.2, 0.25) is 5.95 Å². The maximum atomic E-state index is 4.58. The molecule has 0 saturated carbocycles. The first-order valence-electron chi connectivity index (χ1n) is 5.94. The van der Waals surface area contributed by atoms with E-state index in [0.29, 0.717) is 12.5 Å². The number of nitrogens with one attached hydrogen (secondary N) is 1. The molecule has 0 saturated heterocycles. The minimum Gasteiger partial charge on any atom is -0.357 e. The molecular formula is C14H14N4. The average Bonchev–Trinajstić information content (AvgIpc) is 2.57. The zero-order valence-electron chi connectivity index (χ0n) is 10.4. The Labute approximate surface area is 106 Å². The number of rotatable bonds is 1. The van der Waals surface area contributed by atoms with E-state index >= 15 is 0 Å². The molecule has 4 heteroatoms. The van der Waals surface area contributed by atoms with Crippen LogP contribution in [0.5, 0.6) is 0 Å². The van der Waals surface area contributed by atoms with Crippen LogP contribution in [0.1, 0.15) is 18.1 Å². The standard InChI is InChI=1S/C14H14N4/c1-9-11-5-3-4-6-12(11)13-10(7-16-9)8-17-14(15-2)18-13/h3-6,8H,7H2,1-2H3,(H,15,17,18). The third kappa shape index (κ3) is 1.66. The number of hydrogen-bond acceptors (Lipinski definition) is 4. The van der Waals surface area contributed by atoms with Crippen molar-refractivity contribution in [3.8, 4) is 11.3 Å². The number of fused-ring (bicyclic) bond motifs is 3. The topological polar surface area (TPSA) is 50.2 Å². The zero-order chi connectivity index (χ0) is 12.5. The molecule has 1 aliphatic heterocycles. The Morgan fingerprint density at radius 1 is 1.17 bits per heavy atom. The molecule has 90 valence electrons. The summed E-state index contributed by atoms with van der Waals surface area (Å²) in [5.41, 5.74) is 5.38. The van der Waals surface area contributed by atoms with Gasteiger partial charge in [-0.15, -0.1) is 0 Å². The Morgan fingerprint density at radius 2 is 1.94 bits per heavy atom. The normalized spacial score (nSPS) is 13.1. The molecule has 0 amide bonds. The molecule has 0 atom stereocenters. The van der Waals surface area contributed by atoms with E-state index in [2.05, 4.69) is 32.4 Å². The largest absolute Gasteiger partial charge is 0.357 e. The van der Waals surface area contributed by atoms with Gasteiger partial charge >= 0.3 is 0 Å². The van der Waals surface area contributed by atoms with Crippen molar-refractivity contribution in [1.82, 2.24) is 9.97 Å². The van der Waals surface area contributed by atoms with Gasteiger partial charge in [-0.25, -0.2) is 9.97 Å². The van der Waals surface area contributed by atoms with Crippen molar-refractivity contribution in [3.05, 3.63) is 41.6 Å². The fraction of sp³-hybridized carbons (Fsp3) is 0.214. The Hall–Kier alpha value is -2.23. The van der Waals surface area contributed by atoms with Crippen LogP contribution in [-0.2, 0) is 6.54 Å². The predicted molar refractivity (Wildman–Crippen MR) is 72.9 cm³/mol. The van der Waals surface area contributed by atoms with Crippen LogP contribution in [-0.4, -0.2) is 22.7 Å². The lowest BCUT2D eigenvalue weighted by Crippen LogP contribution is -2.01. The monoisotopic (exact) mass is 238 g/mol. The van der Waals surface area contributed by atoms with E-state index in [1.807, 2.05) is 32.3 Å². The molecule has 18 heavy (non-hydrogen) atoms. The summed E-state index contributed by atoms with van der Waals surface area (Å²) in [5, 5.41) is 2.98. The van der Waals surface area contributed by atoms with Crippen molar-refractivity contribution in [2.45, 2.75) is 13.5 Å². The van der Waals surface area contributed by atoms with Gasteiger partial charge in [0.05, 0.1) is 12.2 Å². The Balaban J connectivity index is 2.29. The second-order valence-corrected chi connectivity index (χ2v) is 4.26. The van der Waals surface area contributed by atoms with Crippen molar-refractivity contribution in [2.24, 2.45) is 4.99 Å². The van der Waals surface area contributed by atoms with Crippen molar-refractivity contribution >= 4 is 11.7 Å². The molecule has 1 N–H and O–H groups in total. The highest BCUT2D eigenvalue weighted by atomic mass is 15.1. The lowest BCUT2D eigenvalue weighted by Gasteiger charge is -2.09. The van der Waals surface area contributed by atoms with Crippen LogP contribution in [0.25, 0.3) is 11.3 Å². The molecule has 0 bridgehead atoms. The van der Waals surface area contributed by atoms with Gasteiger partial charge in [-0.05, 0) is 6.92 Å². The smallest absolute Gasteiger partial charge is 0.222 e. The summed E-state index contributed by atoms with van der Waals surface area (Å²) in [5.74, 6) is 0.642. The molecule has 0 unspecified atom stereocenters. The van der Waals surface area contributed by atoms with Gasteiger partial charge in [-0.1, -0.05) is 24.3 Å². The van der Waals surface area contributed by atoms with E-state index < -0.39 is 0 Å². The fourth-order valence-corrected chi connectivity index (χ4v) is 2.17. The third-order valence-corrected chi connectivity index (χ3v) is 3.15. The maximum Gasteiger partial charge on any atom is 0.222 e. The van der Waals surface area contributed by atoms with E-state index in [1.54, 1.807) is 0 Å². The van der Waals surface area contributed by atoms with Crippen LogP contribution in [0.2, 0.25) is 0 Å². The molecule has 1 aromatic carbocycles. The molecule has 0 fully saturated rings. The highest BCUT2D eigenvalue weighted by molar-refractivity contribution is 6.05. The van der Waals surface area contributed by atoms with Gasteiger partial charge in [-0.3, -0.25) is 4.99 Å². The quantitative estimate of drug-likeness (QED) is 0.830. The summed E-state index contributed by atoms with van der Waals surface area (Å²) in [6, 6.07) is 8.24. The minimum absolute atomic E-state index is 0.639. The molecule has 0 aliphatic carbocycles. The molecule has 0 spiro atoms. The van der Waals surface area contributed by atoms with Crippen LogP contribution in [0.4, 0.5) is 5.95 Å². The fourth-order valence-electron chi connectivity index (χ4n) is 2.17. The average molecular weight is 238 g/mol. The maximum absolute atomic E-state index is 4.58. The minimum atomic E-state index is 0.639. The highest BCUT2D eigenvalue weighted by Crippen LogP contribution is 2.29. The molecule has 3 rings (SSSR count). The Morgan fingerprint density at radius 3 is 2.72 bits per heavy atom. The summed E-state index contributed by atoms with van der Waals surface area (Å²) in [7, 11) is 1.83. The number of aromatic nitrogens is 2. The number of nitrogens with zero attached hydrogens (tertiary/aromatic N) is 3. The predicted octanol–water partition coefficient (Wildman–Crippen LogP) is 2.51. The van der Waals surface area contributed by atoms with Gasteiger partial charge < -0.3 is 5.32 Å². The summed E-state index contributed by atoms with van der Waals surface area (Å²) >= 11 is 0. The van der Waals surface area contributed by atoms with Gasteiger partial charge in [0, 0.05) is 35.6 Å². The summed E-state index contributed by atoms with van der Waals surface area (Å²) in [4.78, 5) is 13.4. The second-order valence-electron chi connectivity index (χ2n) is 4.26. The van der Waals surface area contributed by atoms with E-state index in [-0.39, 0.29) is 0 Å². The van der Waals surface area contributed by atoms with Crippen molar-refractivity contribution in [2.75, 3.05) is 12.4 Å². The highest BCUT2D eigenvalue weighted by Gasteiger charge is 2.16. The summed E-state index contributed by atoms with van der Waals surface area (Å²) in [6.45, 7) is 2.68. The van der Waals surface area contributed by atoms with Crippen LogP contribution in [0, 0.1) is 0 Å². The number of aliphatic imine (C=N–C) groups is 1.